The van der Waals surface area contributed by atoms with E-state index in [-0.39, 0.29) is 11.4 Å². The molecular formula is C29H31N5O2S. The monoisotopic (exact) mass is 513 g/mol. The van der Waals surface area contributed by atoms with Crippen LogP contribution >= 0.6 is 11.8 Å². The molecule has 7 nitrogen and oxygen atoms in total. The maximum absolute atomic E-state index is 12.9. The van der Waals surface area contributed by atoms with Gasteiger partial charge in [0.05, 0.1) is 12.1 Å². The van der Waals surface area contributed by atoms with Crippen molar-refractivity contribution in [3.63, 3.8) is 0 Å². The number of ether oxygens (including phenoxy) is 1. The minimum Gasteiger partial charge on any atom is -0.492 e. The van der Waals surface area contributed by atoms with Crippen LogP contribution in [-0.4, -0.2) is 38.1 Å². The van der Waals surface area contributed by atoms with E-state index in [4.69, 9.17) is 10.1 Å². The van der Waals surface area contributed by atoms with E-state index in [0.29, 0.717) is 24.2 Å². The lowest BCUT2D eigenvalue weighted by molar-refractivity contribution is -0.114. The summed E-state index contributed by atoms with van der Waals surface area (Å²) in [6, 6.07) is 16.4. The van der Waals surface area contributed by atoms with Gasteiger partial charge in [-0.25, -0.2) is 0 Å². The van der Waals surface area contributed by atoms with Gasteiger partial charge in [0.25, 0.3) is 5.91 Å². The number of nitrogens with one attached hydrogen (secondary N) is 1. The van der Waals surface area contributed by atoms with E-state index in [9.17, 15) is 4.79 Å². The summed E-state index contributed by atoms with van der Waals surface area (Å²) in [6.07, 6.45) is 6.64. The quantitative estimate of drug-likeness (QED) is 0.325. The number of hydrazone groups is 1. The highest BCUT2D eigenvalue weighted by Gasteiger charge is 2.35. The third-order valence-electron chi connectivity index (χ3n) is 6.74. The number of benzene rings is 2. The summed E-state index contributed by atoms with van der Waals surface area (Å²) in [5.74, 6) is 1.05. The third-order valence-corrected chi connectivity index (χ3v) is 7.71. The van der Waals surface area contributed by atoms with Crippen LogP contribution in [0.5, 0.6) is 5.75 Å². The highest BCUT2D eigenvalue weighted by atomic mass is 32.2. The number of rotatable bonds is 9. The Labute approximate surface area is 221 Å². The minimum atomic E-state index is -0.405. The van der Waals surface area contributed by atoms with Gasteiger partial charge in [-0.3, -0.25) is 10.2 Å². The first-order chi connectivity index (χ1) is 18.0. The molecule has 0 aliphatic carbocycles. The molecule has 1 amide bonds. The van der Waals surface area contributed by atoms with Crippen LogP contribution in [0.1, 0.15) is 57.1 Å². The van der Waals surface area contributed by atoms with Crippen LogP contribution in [0.15, 0.2) is 70.4 Å². The second-order valence-electron chi connectivity index (χ2n) is 9.29. The van der Waals surface area contributed by atoms with Crippen molar-refractivity contribution >= 4 is 50.7 Å². The first-order valence-electron chi connectivity index (χ1n) is 12.8. The second kappa shape index (κ2) is 10.8. The fourth-order valence-corrected chi connectivity index (χ4v) is 5.45. The summed E-state index contributed by atoms with van der Waals surface area (Å²) in [5.41, 5.74) is 3.48. The van der Waals surface area contributed by atoms with Crippen LogP contribution in [-0.2, 0) is 11.3 Å². The third kappa shape index (κ3) is 5.11. The average Bonchev–Trinajstić information content (AvgIpc) is 3.48. The fraction of sp³-hybridized carbons (Fsp3) is 0.310. The van der Waals surface area contributed by atoms with Crippen molar-refractivity contribution in [1.29, 1.82) is 5.41 Å². The van der Waals surface area contributed by atoms with Crippen molar-refractivity contribution in [2.24, 2.45) is 10.1 Å². The number of hydrogen-bond donors (Lipinski definition) is 1. The molecule has 37 heavy (non-hydrogen) atoms. The molecule has 1 aromatic heterocycles. The standard InChI is InChI=1S/C29H31N5O2S/c1-4-8-26-32-34-27(30)24(28(35)31-29(34)37-26)17-21-18-33(25-10-7-6-9-23(21)25)15-16-36-22-13-11-20(12-14-22)19(3)5-2/h6-7,9-14,17-19,30H,4-5,8,15-16H2,1-3H3/b24-17+,30-27?/t19-/m1/s1. The summed E-state index contributed by atoms with van der Waals surface area (Å²) in [5, 5.41) is 17.0. The van der Waals surface area contributed by atoms with Crippen LogP contribution in [0.25, 0.3) is 17.0 Å². The maximum Gasteiger partial charge on any atom is 0.283 e. The van der Waals surface area contributed by atoms with Crippen molar-refractivity contribution in [3.8, 4) is 5.75 Å². The summed E-state index contributed by atoms with van der Waals surface area (Å²) in [7, 11) is 0. The summed E-state index contributed by atoms with van der Waals surface area (Å²) in [6.45, 7) is 7.67. The molecule has 3 heterocycles. The van der Waals surface area contributed by atoms with E-state index in [0.717, 1.165) is 46.5 Å². The van der Waals surface area contributed by atoms with Crippen LogP contribution in [0.3, 0.4) is 0 Å². The van der Waals surface area contributed by atoms with Gasteiger partial charge in [0.15, 0.2) is 5.84 Å². The zero-order valence-corrected chi connectivity index (χ0v) is 22.2. The normalized spacial score (nSPS) is 17.3. The van der Waals surface area contributed by atoms with E-state index >= 15 is 0 Å². The fourth-order valence-electron chi connectivity index (χ4n) is 4.47. The zero-order valence-electron chi connectivity index (χ0n) is 21.4. The Bertz CT molecular complexity index is 1430. The van der Waals surface area contributed by atoms with Crippen molar-refractivity contribution in [3.05, 3.63) is 71.4 Å². The molecule has 2 aromatic carbocycles. The van der Waals surface area contributed by atoms with Gasteiger partial charge < -0.3 is 9.30 Å². The van der Waals surface area contributed by atoms with E-state index in [1.165, 1.54) is 22.3 Å². The minimum absolute atomic E-state index is 0.0644. The molecule has 0 radical (unpaired) electrons. The number of nitrogens with zero attached hydrogens (tertiary/aromatic N) is 4. The number of para-hydroxylation sites is 1. The molecule has 0 spiro atoms. The predicted octanol–water partition coefficient (Wildman–Crippen LogP) is 6.65. The molecule has 5 rings (SSSR count). The Morgan fingerprint density at radius 3 is 2.68 bits per heavy atom. The lowest BCUT2D eigenvalue weighted by Crippen LogP contribution is -2.35. The van der Waals surface area contributed by atoms with E-state index in [2.05, 4.69) is 53.6 Å². The number of aromatic nitrogens is 1. The molecule has 3 aromatic rings. The number of carbonyl (C=O) groups is 1. The molecule has 0 fully saturated rings. The number of carbonyl (C=O) groups excluding carboxylic acids is 1. The van der Waals surface area contributed by atoms with Gasteiger partial charge in [0.1, 0.15) is 17.4 Å². The molecule has 1 N–H and O–H groups in total. The Kier molecular flexibility index (Phi) is 7.28. The van der Waals surface area contributed by atoms with E-state index < -0.39 is 5.91 Å². The summed E-state index contributed by atoms with van der Waals surface area (Å²) < 4.78 is 8.16. The zero-order chi connectivity index (χ0) is 25.9. The predicted molar refractivity (Wildman–Crippen MR) is 152 cm³/mol. The molecule has 190 valence electrons. The molecule has 0 saturated carbocycles. The SMILES string of the molecule is CCCC1=NN2C(=N)/C(=C\c3cn(CCOc4ccc([C@H](C)CC)cc4)c4ccccc34)C(=O)N=C2S1. The smallest absolute Gasteiger partial charge is 0.283 e. The Morgan fingerprint density at radius 2 is 1.92 bits per heavy atom. The van der Waals surface area contributed by atoms with Crippen LogP contribution in [0.2, 0.25) is 0 Å². The first kappa shape index (κ1) is 25.0. The topological polar surface area (TPSA) is 83.0 Å². The Morgan fingerprint density at radius 1 is 1.14 bits per heavy atom. The van der Waals surface area contributed by atoms with Crippen molar-refractivity contribution in [2.75, 3.05) is 6.61 Å². The van der Waals surface area contributed by atoms with Crippen LogP contribution in [0.4, 0.5) is 0 Å². The highest BCUT2D eigenvalue weighted by molar-refractivity contribution is 8.26. The molecule has 2 aliphatic rings. The number of amidine groups is 2. The average molecular weight is 514 g/mol. The van der Waals surface area contributed by atoms with E-state index in [1.54, 1.807) is 6.08 Å². The molecule has 1 atom stereocenters. The van der Waals surface area contributed by atoms with Crippen molar-refractivity contribution < 1.29 is 9.53 Å². The summed E-state index contributed by atoms with van der Waals surface area (Å²) >= 11 is 1.37. The Hall–Kier alpha value is -3.65. The largest absolute Gasteiger partial charge is 0.492 e. The number of aliphatic imine (C=N–C) groups is 1. The number of amides is 1. The van der Waals surface area contributed by atoms with Gasteiger partial charge in [0, 0.05) is 22.7 Å². The molecule has 0 unspecified atom stereocenters. The molecule has 0 bridgehead atoms. The van der Waals surface area contributed by atoms with Crippen LogP contribution < -0.4 is 4.74 Å². The van der Waals surface area contributed by atoms with Gasteiger partial charge >= 0.3 is 0 Å². The molecule has 2 aliphatic heterocycles. The Balaban J connectivity index is 1.36. The maximum atomic E-state index is 12.9. The van der Waals surface area contributed by atoms with Gasteiger partial charge in [-0.15, -0.1) is 0 Å². The van der Waals surface area contributed by atoms with E-state index in [1.807, 2.05) is 36.5 Å². The van der Waals surface area contributed by atoms with Gasteiger partial charge in [0.2, 0.25) is 5.17 Å². The van der Waals surface area contributed by atoms with Gasteiger partial charge in [-0.05, 0) is 66.8 Å². The number of thioether (sulfide) groups is 1. The number of fused-ring (bicyclic) bond motifs is 2. The van der Waals surface area contributed by atoms with Crippen LogP contribution in [0, 0.1) is 5.41 Å². The first-order valence-corrected chi connectivity index (χ1v) is 13.6. The molecule has 8 heteroatoms. The molecular weight excluding hydrogens is 482 g/mol. The lowest BCUT2D eigenvalue weighted by atomic mass is 9.99. The highest BCUT2D eigenvalue weighted by Crippen LogP contribution is 2.31. The lowest BCUT2D eigenvalue weighted by Gasteiger charge is -2.20. The van der Waals surface area contributed by atoms with Gasteiger partial charge in [-0.2, -0.15) is 15.1 Å². The number of hydrogen-bond acceptors (Lipinski definition) is 5. The summed E-state index contributed by atoms with van der Waals surface area (Å²) in [4.78, 5) is 17.1. The second-order valence-corrected chi connectivity index (χ2v) is 10.3. The van der Waals surface area contributed by atoms with Gasteiger partial charge in [-0.1, -0.05) is 51.1 Å². The molecule has 0 saturated heterocycles. The van der Waals surface area contributed by atoms with Crippen molar-refractivity contribution in [1.82, 2.24) is 9.58 Å². The van der Waals surface area contributed by atoms with Crippen molar-refractivity contribution in [2.45, 2.75) is 52.5 Å².